The molecule has 0 saturated carbocycles. The fraction of sp³-hybridized carbons (Fsp3) is 0.130. The highest BCUT2D eigenvalue weighted by molar-refractivity contribution is 5.99. The normalized spacial score (nSPS) is 12.5. The number of carbonyl (C=O) groups excluding carboxylic acids is 1. The van der Waals surface area contributed by atoms with Crippen molar-refractivity contribution in [2.75, 3.05) is 5.32 Å². The molecule has 2 aromatic heterocycles. The number of hydrogen-bond donors (Lipinski definition) is 3. The monoisotopic (exact) mass is 414 g/mol. The number of halogens is 1. The summed E-state index contributed by atoms with van der Waals surface area (Å²) in [5.41, 5.74) is 6.00. The third kappa shape index (κ3) is 3.52. The summed E-state index contributed by atoms with van der Waals surface area (Å²) in [5, 5.41) is 13.0. The van der Waals surface area contributed by atoms with Gasteiger partial charge in [0, 0.05) is 46.4 Å². The van der Waals surface area contributed by atoms with E-state index in [1.807, 2.05) is 38.1 Å². The van der Waals surface area contributed by atoms with Crippen LogP contribution in [-0.2, 0) is 6.54 Å². The zero-order chi connectivity index (χ0) is 21.5. The Morgan fingerprint density at radius 1 is 1.03 bits per heavy atom. The van der Waals surface area contributed by atoms with Crippen LogP contribution in [0.4, 0.5) is 16.0 Å². The Bertz CT molecular complexity index is 1310. The average molecular weight is 414 g/mol. The van der Waals surface area contributed by atoms with Crippen LogP contribution < -0.4 is 10.6 Å². The van der Waals surface area contributed by atoms with Crippen LogP contribution in [0.25, 0.3) is 22.5 Å². The summed E-state index contributed by atoms with van der Waals surface area (Å²) in [6.07, 6.45) is 1.66. The lowest BCUT2D eigenvalue weighted by Crippen LogP contribution is -2.12. The highest BCUT2D eigenvalue weighted by Gasteiger charge is 2.20. The smallest absolute Gasteiger partial charge is 0.251 e. The van der Waals surface area contributed by atoms with Gasteiger partial charge in [-0.15, -0.1) is 5.10 Å². The summed E-state index contributed by atoms with van der Waals surface area (Å²) < 4.78 is 14.7. The Kier molecular flexibility index (Phi) is 4.47. The molecule has 154 valence electrons. The summed E-state index contributed by atoms with van der Waals surface area (Å²) in [4.78, 5) is 20.5. The number of H-pyrrole nitrogens is 1. The lowest BCUT2D eigenvalue weighted by Gasteiger charge is -2.08. The van der Waals surface area contributed by atoms with Crippen LogP contribution in [0.15, 0.2) is 48.7 Å². The molecule has 4 aromatic rings. The number of nitrogens with zero attached hydrogens (tertiary/aromatic N) is 3. The van der Waals surface area contributed by atoms with Crippen LogP contribution in [0.2, 0.25) is 0 Å². The van der Waals surface area contributed by atoms with E-state index < -0.39 is 0 Å². The number of fused-ring (bicyclic) bond motifs is 1. The van der Waals surface area contributed by atoms with Gasteiger partial charge in [0.15, 0.2) is 5.82 Å². The highest BCUT2D eigenvalue weighted by Crippen LogP contribution is 2.29. The summed E-state index contributed by atoms with van der Waals surface area (Å²) in [7, 11) is 0. The van der Waals surface area contributed by atoms with E-state index in [2.05, 4.69) is 30.8 Å². The van der Waals surface area contributed by atoms with Gasteiger partial charge < -0.3 is 10.6 Å². The van der Waals surface area contributed by atoms with Crippen molar-refractivity contribution in [2.45, 2.75) is 20.4 Å². The Morgan fingerprint density at radius 3 is 2.65 bits per heavy atom. The topological polar surface area (TPSA) is 95.6 Å². The van der Waals surface area contributed by atoms with Crippen LogP contribution in [0.1, 0.15) is 27.2 Å². The predicted octanol–water partition coefficient (Wildman–Crippen LogP) is 4.28. The fourth-order valence-electron chi connectivity index (χ4n) is 3.61. The number of benzene rings is 2. The first-order valence-corrected chi connectivity index (χ1v) is 9.82. The lowest BCUT2D eigenvalue weighted by molar-refractivity contribution is 0.0965. The molecule has 3 N–H and O–H groups in total. The van der Waals surface area contributed by atoms with Gasteiger partial charge in [0.1, 0.15) is 5.82 Å². The van der Waals surface area contributed by atoms with Crippen molar-refractivity contribution in [1.29, 1.82) is 0 Å². The number of hydrogen-bond acceptors (Lipinski definition) is 5. The van der Waals surface area contributed by atoms with Gasteiger partial charge in [-0.2, -0.15) is 4.98 Å². The molecule has 0 spiro atoms. The maximum absolute atomic E-state index is 14.7. The van der Waals surface area contributed by atoms with Gasteiger partial charge in [0.05, 0.1) is 0 Å². The molecule has 0 unspecified atom stereocenters. The van der Waals surface area contributed by atoms with Gasteiger partial charge in [0.25, 0.3) is 5.91 Å². The number of pyridine rings is 1. The quantitative estimate of drug-likeness (QED) is 0.463. The SMILES string of the molecule is Cc1ccc(-c2ccc(-c3nc(Nc4cc5c(cc4C)C(=O)NC5)n[nH]3)cc2F)cn1. The number of amides is 1. The predicted molar refractivity (Wildman–Crippen MR) is 115 cm³/mol. The molecule has 7 nitrogen and oxygen atoms in total. The molecule has 5 rings (SSSR count). The molecule has 1 amide bonds. The van der Waals surface area contributed by atoms with Gasteiger partial charge in [-0.1, -0.05) is 18.2 Å². The Balaban J connectivity index is 1.39. The zero-order valence-corrected chi connectivity index (χ0v) is 17.0. The summed E-state index contributed by atoms with van der Waals surface area (Å²) in [5.74, 6) is 0.394. The molecule has 31 heavy (non-hydrogen) atoms. The van der Waals surface area contributed by atoms with Gasteiger partial charge >= 0.3 is 0 Å². The lowest BCUT2D eigenvalue weighted by atomic mass is 10.0. The minimum absolute atomic E-state index is 0.0586. The maximum atomic E-state index is 14.7. The van der Waals surface area contributed by atoms with Crippen LogP contribution >= 0.6 is 0 Å². The van der Waals surface area contributed by atoms with Crippen molar-refractivity contribution in [1.82, 2.24) is 25.5 Å². The zero-order valence-electron chi connectivity index (χ0n) is 17.0. The minimum atomic E-state index is -0.360. The largest absolute Gasteiger partial charge is 0.348 e. The van der Waals surface area contributed by atoms with Crippen LogP contribution in [0.5, 0.6) is 0 Å². The highest BCUT2D eigenvalue weighted by atomic mass is 19.1. The van der Waals surface area contributed by atoms with Crippen molar-refractivity contribution >= 4 is 17.5 Å². The fourth-order valence-corrected chi connectivity index (χ4v) is 3.61. The minimum Gasteiger partial charge on any atom is -0.348 e. The van der Waals surface area contributed by atoms with Crippen LogP contribution in [0, 0.1) is 19.7 Å². The number of aromatic nitrogens is 4. The second-order valence-electron chi connectivity index (χ2n) is 7.52. The third-order valence-electron chi connectivity index (χ3n) is 5.33. The molecule has 2 aromatic carbocycles. The van der Waals surface area contributed by atoms with Gasteiger partial charge in [-0.05, 0) is 49.2 Å². The average Bonchev–Trinajstić information content (AvgIpc) is 3.36. The van der Waals surface area contributed by atoms with Gasteiger partial charge in [0.2, 0.25) is 5.95 Å². The number of anilines is 2. The molecule has 1 aliphatic rings. The van der Waals surface area contributed by atoms with Gasteiger partial charge in [-0.3, -0.25) is 14.9 Å². The molecule has 0 bridgehead atoms. The summed E-state index contributed by atoms with van der Waals surface area (Å²) in [6.45, 7) is 4.31. The standard InChI is InChI=1S/C23H19FN6O/c1-12-7-18-16(11-26-22(18)31)9-20(12)27-23-28-21(29-30-23)14-5-6-17(19(24)8-14)15-4-3-13(2)25-10-15/h3-10H,11H2,1-2H3,(H,26,31)(H2,27,28,29,30). The Morgan fingerprint density at radius 2 is 1.87 bits per heavy atom. The van der Waals surface area contributed by atoms with E-state index >= 15 is 0 Å². The van der Waals surface area contributed by atoms with Crippen LogP contribution in [-0.4, -0.2) is 26.1 Å². The number of carbonyl (C=O) groups is 1. The van der Waals surface area contributed by atoms with Crippen molar-refractivity contribution in [3.63, 3.8) is 0 Å². The van der Waals surface area contributed by atoms with Crippen molar-refractivity contribution in [3.8, 4) is 22.5 Å². The molecule has 3 heterocycles. The molecule has 1 aliphatic heterocycles. The molecule has 8 heteroatoms. The van der Waals surface area contributed by atoms with E-state index in [9.17, 15) is 9.18 Å². The van der Waals surface area contributed by atoms with Crippen molar-refractivity contribution in [2.24, 2.45) is 0 Å². The van der Waals surface area contributed by atoms with E-state index in [1.165, 1.54) is 6.07 Å². The van der Waals surface area contributed by atoms with Crippen LogP contribution in [0.3, 0.4) is 0 Å². The van der Waals surface area contributed by atoms with E-state index in [-0.39, 0.29) is 11.7 Å². The molecule has 0 atom stereocenters. The summed E-state index contributed by atoms with van der Waals surface area (Å²) in [6, 6.07) is 12.4. The Labute approximate surface area is 177 Å². The number of rotatable bonds is 4. The first-order chi connectivity index (χ1) is 15.0. The van der Waals surface area contributed by atoms with Crippen molar-refractivity contribution < 1.29 is 9.18 Å². The van der Waals surface area contributed by atoms with E-state index in [4.69, 9.17) is 0 Å². The Hall–Kier alpha value is -4.07. The molecule has 0 saturated heterocycles. The van der Waals surface area contributed by atoms with E-state index in [1.54, 1.807) is 18.3 Å². The molecule has 0 fully saturated rings. The second-order valence-corrected chi connectivity index (χ2v) is 7.52. The first-order valence-electron chi connectivity index (χ1n) is 9.82. The molecule has 0 aliphatic carbocycles. The maximum Gasteiger partial charge on any atom is 0.251 e. The second kappa shape index (κ2) is 7.32. The third-order valence-corrected chi connectivity index (χ3v) is 5.33. The molecular formula is C23H19FN6O. The number of aromatic amines is 1. The van der Waals surface area contributed by atoms with E-state index in [0.717, 1.165) is 28.1 Å². The molecule has 0 radical (unpaired) electrons. The number of nitrogens with one attached hydrogen (secondary N) is 3. The van der Waals surface area contributed by atoms with Gasteiger partial charge in [-0.25, -0.2) is 4.39 Å². The van der Waals surface area contributed by atoms with E-state index in [0.29, 0.717) is 35.0 Å². The first kappa shape index (κ1) is 18.9. The summed E-state index contributed by atoms with van der Waals surface area (Å²) >= 11 is 0. The number of aryl methyl sites for hydroxylation is 2. The molecular weight excluding hydrogens is 395 g/mol. The van der Waals surface area contributed by atoms with Crippen molar-refractivity contribution in [3.05, 3.63) is 76.9 Å².